The summed E-state index contributed by atoms with van der Waals surface area (Å²) < 4.78 is 14.9. The first-order valence-electron chi connectivity index (χ1n) is 6.81. The molecule has 2 aromatic carbocycles. The Balaban J connectivity index is 2.21. The van der Waals surface area contributed by atoms with Crippen LogP contribution in [-0.2, 0) is 9.47 Å². The van der Waals surface area contributed by atoms with Crippen molar-refractivity contribution in [2.75, 3.05) is 7.11 Å². The van der Waals surface area contributed by atoms with Crippen LogP contribution in [0.15, 0.2) is 36.4 Å². The summed E-state index contributed by atoms with van der Waals surface area (Å²) in [5.41, 5.74) is -0.139. The lowest BCUT2D eigenvalue weighted by molar-refractivity contribution is 0.0206. The van der Waals surface area contributed by atoms with Crippen LogP contribution in [0.3, 0.4) is 0 Å². The van der Waals surface area contributed by atoms with Gasteiger partial charge < -0.3 is 14.2 Å². The Bertz CT molecular complexity index is 713. The van der Waals surface area contributed by atoms with Crippen molar-refractivity contribution in [2.24, 2.45) is 0 Å². The summed E-state index contributed by atoms with van der Waals surface area (Å²) in [6.07, 6.45) is -0.752. The number of methoxy groups -OCH3 is 1. The van der Waals surface area contributed by atoms with Crippen molar-refractivity contribution in [3.8, 4) is 5.75 Å². The molecule has 2 rings (SSSR count). The van der Waals surface area contributed by atoms with E-state index in [2.05, 4.69) is 4.74 Å². The largest absolute Gasteiger partial charge is 0.514 e. The van der Waals surface area contributed by atoms with E-state index in [1.807, 2.05) is 0 Å². The predicted molar refractivity (Wildman–Crippen MR) is 82.1 cm³/mol. The summed E-state index contributed by atoms with van der Waals surface area (Å²) in [5.74, 6) is -0.0106. The molecule has 5 nitrogen and oxygen atoms in total. The maximum Gasteiger partial charge on any atom is 0.514 e. The first-order valence-corrected chi connectivity index (χ1v) is 6.81. The molecular formula is C17H18O5. The normalized spacial score (nSPS) is 11.1. The van der Waals surface area contributed by atoms with Crippen LogP contribution in [0.1, 0.15) is 31.1 Å². The predicted octanol–water partition coefficient (Wildman–Crippen LogP) is 3.94. The molecule has 0 saturated carbocycles. The summed E-state index contributed by atoms with van der Waals surface area (Å²) in [4.78, 5) is 23.1. The molecule has 0 fully saturated rings. The first-order chi connectivity index (χ1) is 10.3. The minimum atomic E-state index is -0.752. The van der Waals surface area contributed by atoms with Crippen LogP contribution in [0.2, 0.25) is 0 Å². The topological polar surface area (TPSA) is 61.8 Å². The van der Waals surface area contributed by atoms with Crippen molar-refractivity contribution < 1.29 is 23.8 Å². The molecule has 0 N–H and O–H groups in total. The van der Waals surface area contributed by atoms with Crippen molar-refractivity contribution in [3.63, 3.8) is 0 Å². The van der Waals surface area contributed by atoms with Gasteiger partial charge in [0.15, 0.2) is 0 Å². The molecule has 0 spiro atoms. The van der Waals surface area contributed by atoms with Crippen molar-refractivity contribution in [1.29, 1.82) is 0 Å². The standard InChI is InChI=1S/C17H18O5/c1-17(2,3)22-16(19)21-14-8-7-11-9-13(15(18)20-4)6-5-12(11)10-14/h5-10H,1-4H3. The molecule has 116 valence electrons. The second-order valence-corrected chi connectivity index (χ2v) is 5.78. The third kappa shape index (κ3) is 3.97. The van der Waals surface area contributed by atoms with Crippen molar-refractivity contribution >= 4 is 22.9 Å². The lowest BCUT2D eigenvalue weighted by atomic mass is 10.1. The number of esters is 1. The second-order valence-electron chi connectivity index (χ2n) is 5.78. The Morgan fingerprint density at radius 1 is 0.955 bits per heavy atom. The van der Waals surface area contributed by atoms with Gasteiger partial charge in [-0.25, -0.2) is 9.59 Å². The molecular weight excluding hydrogens is 284 g/mol. The van der Waals surface area contributed by atoms with E-state index in [9.17, 15) is 9.59 Å². The summed E-state index contributed by atoms with van der Waals surface area (Å²) in [5, 5.41) is 1.69. The zero-order valence-corrected chi connectivity index (χ0v) is 13.0. The Morgan fingerprint density at radius 2 is 1.59 bits per heavy atom. The van der Waals surface area contributed by atoms with Crippen LogP contribution >= 0.6 is 0 Å². The van der Waals surface area contributed by atoms with Gasteiger partial charge in [0, 0.05) is 0 Å². The maximum absolute atomic E-state index is 11.6. The highest BCUT2D eigenvalue weighted by atomic mass is 16.7. The lowest BCUT2D eigenvalue weighted by Gasteiger charge is -2.18. The van der Waals surface area contributed by atoms with E-state index < -0.39 is 17.7 Å². The van der Waals surface area contributed by atoms with Crippen LogP contribution in [0.25, 0.3) is 10.8 Å². The number of benzene rings is 2. The first kappa shape index (κ1) is 15.8. The third-order valence-corrected chi connectivity index (χ3v) is 2.82. The van der Waals surface area contributed by atoms with Gasteiger partial charge in [-0.05, 0) is 55.8 Å². The van der Waals surface area contributed by atoms with Gasteiger partial charge in [-0.15, -0.1) is 0 Å². The summed E-state index contributed by atoms with van der Waals surface area (Å²) in [7, 11) is 1.34. The second kappa shape index (κ2) is 6.05. The number of rotatable bonds is 2. The van der Waals surface area contributed by atoms with E-state index in [-0.39, 0.29) is 0 Å². The molecule has 0 radical (unpaired) electrons. The van der Waals surface area contributed by atoms with Gasteiger partial charge in [0.1, 0.15) is 11.4 Å². The molecule has 0 bridgehead atoms. The van der Waals surface area contributed by atoms with Gasteiger partial charge in [-0.3, -0.25) is 0 Å². The fourth-order valence-electron chi connectivity index (χ4n) is 1.90. The molecule has 22 heavy (non-hydrogen) atoms. The molecule has 2 aromatic rings. The molecule has 0 aliphatic rings. The monoisotopic (exact) mass is 302 g/mol. The molecule has 0 aromatic heterocycles. The number of hydrogen-bond acceptors (Lipinski definition) is 5. The van der Waals surface area contributed by atoms with Gasteiger partial charge in [-0.2, -0.15) is 0 Å². The summed E-state index contributed by atoms with van der Waals surface area (Å²) in [6.45, 7) is 5.30. The van der Waals surface area contributed by atoms with Gasteiger partial charge in [0.2, 0.25) is 0 Å². The number of ether oxygens (including phenoxy) is 3. The Morgan fingerprint density at radius 3 is 2.23 bits per heavy atom. The molecule has 0 aliphatic heterocycles. The summed E-state index contributed by atoms with van der Waals surface area (Å²) >= 11 is 0. The van der Waals surface area contributed by atoms with Crippen LogP contribution in [0.5, 0.6) is 5.75 Å². The molecule has 0 heterocycles. The molecule has 0 amide bonds. The molecule has 0 atom stereocenters. The summed E-state index contributed by atoms with van der Waals surface area (Å²) in [6, 6.07) is 10.3. The van der Waals surface area contributed by atoms with E-state index in [4.69, 9.17) is 9.47 Å². The van der Waals surface area contributed by atoms with Crippen LogP contribution in [-0.4, -0.2) is 24.8 Å². The Hall–Kier alpha value is -2.56. The fraction of sp³-hybridized carbons (Fsp3) is 0.294. The van der Waals surface area contributed by atoms with Gasteiger partial charge in [0.25, 0.3) is 0 Å². The SMILES string of the molecule is COC(=O)c1ccc2cc(OC(=O)OC(C)(C)C)ccc2c1. The van der Waals surface area contributed by atoms with Gasteiger partial charge in [-0.1, -0.05) is 12.1 Å². The van der Waals surface area contributed by atoms with Crippen molar-refractivity contribution in [2.45, 2.75) is 26.4 Å². The zero-order valence-electron chi connectivity index (χ0n) is 13.0. The Kier molecular flexibility index (Phi) is 4.35. The highest BCUT2D eigenvalue weighted by Crippen LogP contribution is 2.23. The van der Waals surface area contributed by atoms with Crippen LogP contribution < -0.4 is 4.74 Å². The quantitative estimate of drug-likeness (QED) is 0.621. The number of carbonyl (C=O) groups is 2. The number of fused-ring (bicyclic) bond motifs is 1. The van der Waals surface area contributed by atoms with E-state index in [0.29, 0.717) is 11.3 Å². The van der Waals surface area contributed by atoms with Crippen LogP contribution in [0.4, 0.5) is 4.79 Å². The van der Waals surface area contributed by atoms with E-state index in [0.717, 1.165) is 10.8 Å². The minimum Gasteiger partial charge on any atom is -0.465 e. The molecule has 0 saturated heterocycles. The van der Waals surface area contributed by atoms with Gasteiger partial charge >= 0.3 is 12.1 Å². The lowest BCUT2D eigenvalue weighted by Crippen LogP contribution is -2.25. The Labute approximate surface area is 128 Å². The third-order valence-electron chi connectivity index (χ3n) is 2.82. The highest BCUT2D eigenvalue weighted by molar-refractivity contribution is 5.95. The number of hydrogen-bond donors (Lipinski definition) is 0. The average molecular weight is 302 g/mol. The molecule has 0 unspecified atom stereocenters. The fourth-order valence-corrected chi connectivity index (χ4v) is 1.90. The number of carbonyl (C=O) groups excluding carboxylic acids is 2. The van der Waals surface area contributed by atoms with Crippen LogP contribution in [0, 0.1) is 0 Å². The van der Waals surface area contributed by atoms with Crippen molar-refractivity contribution in [3.05, 3.63) is 42.0 Å². The average Bonchev–Trinajstić information content (AvgIpc) is 2.43. The van der Waals surface area contributed by atoms with E-state index >= 15 is 0 Å². The zero-order chi connectivity index (χ0) is 16.3. The maximum atomic E-state index is 11.6. The van der Waals surface area contributed by atoms with Gasteiger partial charge in [0.05, 0.1) is 12.7 Å². The van der Waals surface area contributed by atoms with E-state index in [1.54, 1.807) is 57.2 Å². The highest BCUT2D eigenvalue weighted by Gasteiger charge is 2.18. The molecule has 0 aliphatic carbocycles. The minimum absolute atomic E-state index is 0.382. The smallest absolute Gasteiger partial charge is 0.465 e. The molecule has 5 heteroatoms. The van der Waals surface area contributed by atoms with Crippen molar-refractivity contribution in [1.82, 2.24) is 0 Å². The van der Waals surface area contributed by atoms with E-state index in [1.165, 1.54) is 7.11 Å².